The van der Waals surface area contributed by atoms with E-state index in [0.717, 1.165) is 23.9 Å². The van der Waals surface area contributed by atoms with E-state index in [-0.39, 0.29) is 15.5 Å². The van der Waals surface area contributed by atoms with Gasteiger partial charge in [-0.1, -0.05) is 11.8 Å². The van der Waals surface area contributed by atoms with Crippen LogP contribution in [0, 0.1) is 11.6 Å². The average molecular weight is 283 g/mol. The van der Waals surface area contributed by atoms with Crippen molar-refractivity contribution in [3.05, 3.63) is 47.7 Å². The first-order valence-electron chi connectivity index (χ1n) is 5.01. The van der Waals surface area contributed by atoms with Crippen molar-refractivity contribution in [3.8, 4) is 0 Å². The Labute approximate surface area is 110 Å². The zero-order chi connectivity index (χ0) is 13.8. The second-order valence-electron chi connectivity index (χ2n) is 3.37. The summed E-state index contributed by atoms with van der Waals surface area (Å²) in [5.41, 5.74) is 1.49. The van der Waals surface area contributed by atoms with E-state index in [1.54, 1.807) is 0 Å². The molecule has 1 amide bonds. The first-order valence-corrected chi connectivity index (χ1v) is 5.82. The molecule has 0 radical (unpaired) electrons. The summed E-state index contributed by atoms with van der Waals surface area (Å²) in [5.74, 6) is -2.26. The van der Waals surface area contributed by atoms with E-state index >= 15 is 0 Å². The summed E-state index contributed by atoms with van der Waals surface area (Å²) in [6, 6.07) is 4.37. The molecule has 0 atom stereocenters. The molecule has 2 N–H and O–H groups in total. The van der Waals surface area contributed by atoms with Gasteiger partial charge in [0, 0.05) is 11.0 Å². The van der Waals surface area contributed by atoms with Crippen LogP contribution in [0.3, 0.4) is 0 Å². The van der Waals surface area contributed by atoms with E-state index in [0.29, 0.717) is 0 Å². The Morgan fingerprint density at radius 2 is 2.11 bits per heavy atom. The van der Waals surface area contributed by atoms with Gasteiger partial charge in [0.2, 0.25) is 0 Å². The summed E-state index contributed by atoms with van der Waals surface area (Å²) >= 11 is 0.806. The zero-order valence-corrected chi connectivity index (χ0v) is 10.1. The largest absolute Gasteiger partial charge is 0.288 e. The monoisotopic (exact) mass is 283 g/mol. The van der Waals surface area contributed by atoms with E-state index in [9.17, 15) is 13.6 Å². The van der Waals surface area contributed by atoms with Crippen LogP contribution >= 0.6 is 11.8 Å². The lowest BCUT2D eigenvalue weighted by Crippen LogP contribution is -2.20. The van der Waals surface area contributed by atoms with Gasteiger partial charge in [0.05, 0.1) is 11.8 Å². The van der Waals surface area contributed by atoms with Crippen LogP contribution in [0.1, 0.15) is 10.4 Å². The van der Waals surface area contributed by atoms with Crippen molar-refractivity contribution in [2.24, 2.45) is 0 Å². The number of amides is 1. The van der Waals surface area contributed by atoms with Gasteiger partial charge in [0.25, 0.3) is 5.91 Å². The second-order valence-corrected chi connectivity index (χ2v) is 4.40. The number of halogens is 2. The van der Waals surface area contributed by atoms with Crippen molar-refractivity contribution in [3.63, 3.8) is 0 Å². The summed E-state index contributed by atoms with van der Waals surface area (Å²) in [6.45, 7) is 0. The molecule has 0 aliphatic rings. The molecule has 0 bridgehead atoms. The van der Waals surface area contributed by atoms with Gasteiger partial charge in [0.15, 0.2) is 0 Å². The summed E-state index contributed by atoms with van der Waals surface area (Å²) in [7, 11) is 0. The Hall–Kier alpha value is -2.06. The number of aromatic nitrogens is 2. The highest BCUT2D eigenvalue weighted by Gasteiger charge is 2.15. The smallest absolute Gasteiger partial charge is 0.277 e. The quantitative estimate of drug-likeness (QED) is 0.666. The van der Waals surface area contributed by atoms with Crippen molar-refractivity contribution in [1.82, 2.24) is 15.7 Å². The van der Waals surface area contributed by atoms with Crippen LogP contribution in [0.2, 0.25) is 0 Å². The number of carbonyl (C=O) groups excluding carboxylic acids is 1. The number of carbonyl (C=O) groups is 1. The van der Waals surface area contributed by atoms with Gasteiger partial charge < -0.3 is 0 Å². The van der Waals surface area contributed by atoms with E-state index < -0.39 is 17.5 Å². The van der Waals surface area contributed by atoms with Crippen molar-refractivity contribution >= 4 is 17.7 Å². The fourth-order valence-corrected chi connectivity index (χ4v) is 2.15. The summed E-state index contributed by atoms with van der Waals surface area (Å²) < 4.78 is 26.3. The van der Waals surface area contributed by atoms with Crippen LogP contribution in [-0.2, 0) is 0 Å². The molecule has 19 heavy (non-hydrogen) atoms. The predicted molar refractivity (Wildman–Crippen MR) is 61.8 cm³/mol. The van der Waals surface area contributed by atoms with Gasteiger partial charge in [-0.2, -0.15) is 5.10 Å². The van der Waals surface area contributed by atoms with Gasteiger partial charge in [-0.25, -0.2) is 14.3 Å². The fraction of sp³-hybridized carbons (Fsp3) is 0. The molecule has 0 unspecified atom stereocenters. The number of hydrogen-bond acceptors (Lipinski definition) is 5. The van der Waals surface area contributed by atoms with Gasteiger partial charge in [0.1, 0.15) is 16.7 Å². The predicted octanol–water partition coefficient (Wildman–Crippen LogP) is 2.03. The molecule has 0 spiro atoms. The highest BCUT2D eigenvalue weighted by molar-refractivity contribution is 7.99. The number of hydrogen-bond donors (Lipinski definition) is 2. The summed E-state index contributed by atoms with van der Waals surface area (Å²) in [5, 5.41) is 15.9. The van der Waals surface area contributed by atoms with Crippen LogP contribution in [-0.4, -0.2) is 21.3 Å². The van der Waals surface area contributed by atoms with Crippen LogP contribution in [0.25, 0.3) is 0 Å². The molecule has 0 fully saturated rings. The topological polar surface area (TPSA) is 75.1 Å². The number of benzene rings is 1. The van der Waals surface area contributed by atoms with E-state index in [4.69, 9.17) is 5.21 Å². The number of hydroxylamine groups is 1. The minimum absolute atomic E-state index is 0.0335. The third kappa shape index (κ3) is 3.04. The molecule has 0 aliphatic carbocycles. The number of nitrogens with one attached hydrogen (secondary N) is 1. The molecular weight excluding hydrogens is 276 g/mol. The van der Waals surface area contributed by atoms with Crippen molar-refractivity contribution in [2.45, 2.75) is 9.92 Å². The van der Waals surface area contributed by atoms with E-state index in [2.05, 4.69) is 10.2 Å². The molecule has 8 heteroatoms. The van der Waals surface area contributed by atoms with Gasteiger partial charge in [-0.15, -0.1) is 5.10 Å². The maximum absolute atomic E-state index is 13.5. The minimum Gasteiger partial charge on any atom is -0.288 e. The van der Waals surface area contributed by atoms with Crippen LogP contribution in [0.15, 0.2) is 40.4 Å². The normalized spacial score (nSPS) is 10.3. The molecule has 98 valence electrons. The van der Waals surface area contributed by atoms with Gasteiger partial charge in [-0.3, -0.25) is 10.0 Å². The molecule has 0 saturated heterocycles. The molecule has 1 aromatic heterocycles. The molecule has 0 aliphatic heterocycles. The van der Waals surface area contributed by atoms with Crippen molar-refractivity contribution < 1.29 is 18.8 Å². The van der Waals surface area contributed by atoms with E-state index in [1.165, 1.54) is 23.8 Å². The third-order valence-electron chi connectivity index (χ3n) is 2.13. The number of nitrogens with zero attached hydrogens (tertiary/aromatic N) is 2. The Kier molecular flexibility index (Phi) is 4.03. The van der Waals surface area contributed by atoms with Crippen molar-refractivity contribution in [2.75, 3.05) is 0 Å². The molecule has 1 aromatic carbocycles. The first-order chi connectivity index (χ1) is 9.11. The maximum atomic E-state index is 13.5. The Balaban J connectivity index is 2.35. The first kappa shape index (κ1) is 13.4. The van der Waals surface area contributed by atoms with Crippen LogP contribution < -0.4 is 5.48 Å². The molecule has 1 heterocycles. The molecule has 5 nitrogen and oxygen atoms in total. The Bertz CT molecular complexity index is 625. The number of rotatable bonds is 3. The second kappa shape index (κ2) is 5.72. The SMILES string of the molecule is O=C(NO)c1ccnnc1Sc1ccc(F)cc1F. The lowest BCUT2D eigenvalue weighted by Gasteiger charge is -2.06. The summed E-state index contributed by atoms with van der Waals surface area (Å²) in [4.78, 5) is 11.5. The minimum atomic E-state index is -0.792. The zero-order valence-electron chi connectivity index (χ0n) is 9.30. The van der Waals surface area contributed by atoms with Gasteiger partial charge in [-0.05, 0) is 18.2 Å². The Morgan fingerprint density at radius 3 is 2.79 bits per heavy atom. The third-order valence-corrected chi connectivity index (χ3v) is 3.18. The van der Waals surface area contributed by atoms with Gasteiger partial charge >= 0.3 is 0 Å². The van der Waals surface area contributed by atoms with E-state index in [1.807, 2.05) is 0 Å². The van der Waals surface area contributed by atoms with Crippen molar-refractivity contribution in [1.29, 1.82) is 0 Å². The highest BCUT2D eigenvalue weighted by Crippen LogP contribution is 2.30. The maximum Gasteiger partial charge on any atom is 0.277 e. The molecule has 2 rings (SSSR count). The van der Waals surface area contributed by atoms with Crippen LogP contribution in [0.4, 0.5) is 8.78 Å². The summed E-state index contributed by atoms with van der Waals surface area (Å²) in [6.07, 6.45) is 1.26. The van der Waals surface area contributed by atoms with Crippen LogP contribution in [0.5, 0.6) is 0 Å². The molecular formula is C11H7F2N3O2S. The lowest BCUT2D eigenvalue weighted by atomic mass is 10.3. The standard InChI is InChI=1S/C11H7F2N3O2S/c12-6-1-2-9(8(13)5-6)19-11-7(10(17)16-18)3-4-14-15-11/h1-5,18H,(H,16,17). The highest BCUT2D eigenvalue weighted by atomic mass is 32.2. The fourth-order valence-electron chi connectivity index (χ4n) is 1.29. The lowest BCUT2D eigenvalue weighted by molar-refractivity contribution is 0.0702. The molecule has 2 aromatic rings. The Morgan fingerprint density at radius 1 is 1.32 bits per heavy atom. The molecule has 0 saturated carbocycles. The average Bonchev–Trinajstić information content (AvgIpc) is 2.41.